The molecule has 1 aromatic carbocycles. The maximum absolute atomic E-state index is 11.3. The summed E-state index contributed by atoms with van der Waals surface area (Å²) in [6.07, 6.45) is 0. The largest absolute Gasteiger partial charge is 0.480 e. The summed E-state index contributed by atoms with van der Waals surface area (Å²) in [5.74, 6) is -1.57. The van der Waals surface area contributed by atoms with Crippen molar-refractivity contribution in [3.63, 3.8) is 0 Å². The third-order valence-electron chi connectivity index (χ3n) is 1.66. The van der Waals surface area contributed by atoms with Crippen LogP contribution in [-0.4, -0.2) is 30.2 Å². The molecule has 2 N–H and O–H groups in total. The molecule has 17 heavy (non-hydrogen) atoms. The molecule has 0 atom stereocenters. The van der Waals surface area contributed by atoms with E-state index in [9.17, 15) is 9.59 Å². The van der Waals surface area contributed by atoms with Crippen LogP contribution in [0.4, 0.5) is 5.69 Å². The molecule has 0 radical (unpaired) electrons. The highest BCUT2D eigenvalue weighted by Gasteiger charge is 2.07. The molecule has 5 nitrogen and oxygen atoms in total. The normalized spacial score (nSPS) is 10.0. The minimum atomic E-state index is -1.12. The predicted molar refractivity (Wildman–Crippen MR) is 71.3 cm³/mol. The Morgan fingerprint density at radius 3 is 2.71 bits per heavy atom. The minimum Gasteiger partial charge on any atom is -0.480 e. The Morgan fingerprint density at radius 2 is 2.12 bits per heavy atom. The molecule has 0 saturated carbocycles. The summed E-state index contributed by atoms with van der Waals surface area (Å²) in [6, 6.07) is 5.16. The quantitative estimate of drug-likeness (QED) is 0.778. The maximum atomic E-state index is 11.3. The maximum Gasteiger partial charge on any atom is 0.329 e. The summed E-state index contributed by atoms with van der Waals surface area (Å²) in [4.78, 5) is 21.5. The van der Waals surface area contributed by atoms with Crippen molar-refractivity contribution in [2.45, 2.75) is 0 Å². The van der Waals surface area contributed by atoms with E-state index in [1.165, 1.54) is 0 Å². The summed E-state index contributed by atoms with van der Waals surface area (Å²) in [5, 5.41) is 11.3. The molecule has 92 valence electrons. The summed E-state index contributed by atoms with van der Waals surface area (Å²) in [5.41, 5.74) is 0.469. The average molecular weight is 370 g/mol. The van der Waals surface area contributed by atoms with Crippen molar-refractivity contribution < 1.29 is 19.4 Å². The predicted octanol–water partition coefficient (Wildman–Crippen LogP) is 1.98. The molecular formula is C10H9ClINO4. The number of carboxylic acids is 1. The van der Waals surface area contributed by atoms with Crippen LogP contribution in [0.3, 0.4) is 0 Å². The highest BCUT2D eigenvalue weighted by Crippen LogP contribution is 2.23. The van der Waals surface area contributed by atoms with Gasteiger partial charge in [-0.3, -0.25) is 4.79 Å². The summed E-state index contributed by atoms with van der Waals surface area (Å²) < 4.78 is 5.59. The van der Waals surface area contributed by atoms with Gasteiger partial charge < -0.3 is 15.2 Å². The van der Waals surface area contributed by atoms with Crippen LogP contribution < -0.4 is 5.32 Å². The lowest BCUT2D eigenvalue weighted by Crippen LogP contribution is -2.20. The lowest BCUT2D eigenvalue weighted by atomic mass is 10.3. The highest BCUT2D eigenvalue weighted by molar-refractivity contribution is 14.1. The first-order chi connectivity index (χ1) is 7.99. The third-order valence-corrected chi connectivity index (χ3v) is 2.65. The first-order valence-corrected chi connectivity index (χ1v) is 5.99. The molecule has 1 amide bonds. The first-order valence-electron chi connectivity index (χ1n) is 4.53. The Kier molecular flexibility index (Phi) is 5.66. The van der Waals surface area contributed by atoms with Gasteiger partial charge in [0.2, 0.25) is 5.91 Å². The Morgan fingerprint density at radius 1 is 1.41 bits per heavy atom. The lowest BCUT2D eigenvalue weighted by Gasteiger charge is -2.07. The Labute approximate surface area is 116 Å². The molecule has 7 heteroatoms. The Balaban J connectivity index is 2.48. The highest BCUT2D eigenvalue weighted by atomic mass is 127. The number of amides is 1. The van der Waals surface area contributed by atoms with Crippen LogP contribution in [0.1, 0.15) is 0 Å². The van der Waals surface area contributed by atoms with Crippen LogP contribution in [0.15, 0.2) is 18.2 Å². The number of hydrogen-bond donors (Lipinski definition) is 2. The second kappa shape index (κ2) is 6.77. The van der Waals surface area contributed by atoms with E-state index in [1.54, 1.807) is 18.2 Å². The number of rotatable bonds is 5. The van der Waals surface area contributed by atoms with E-state index in [0.29, 0.717) is 10.7 Å². The van der Waals surface area contributed by atoms with Crippen molar-refractivity contribution in [1.29, 1.82) is 0 Å². The number of benzene rings is 1. The number of carboxylic acid groups (broad SMARTS) is 1. The van der Waals surface area contributed by atoms with Crippen LogP contribution in [0, 0.1) is 3.57 Å². The SMILES string of the molecule is O=C(O)COCC(=O)Nc1ccc(I)cc1Cl. The minimum absolute atomic E-state index is 0.325. The molecular weight excluding hydrogens is 360 g/mol. The molecule has 0 heterocycles. The number of ether oxygens (including phenoxy) is 1. The monoisotopic (exact) mass is 369 g/mol. The zero-order valence-electron chi connectivity index (χ0n) is 8.57. The van der Waals surface area contributed by atoms with Crippen LogP contribution in [0.25, 0.3) is 0 Å². The van der Waals surface area contributed by atoms with Gasteiger partial charge in [-0.1, -0.05) is 11.6 Å². The fourth-order valence-electron chi connectivity index (χ4n) is 1.01. The van der Waals surface area contributed by atoms with E-state index in [2.05, 4.69) is 32.6 Å². The number of aliphatic carboxylic acids is 1. The van der Waals surface area contributed by atoms with Gasteiger partial charge >= 0.3 is 5.97 Å². The van der Waals surface area contributed by atoms with Crippen LogP contribution >= 0.6 is 34.2 Å². The molecule has 0 aromatic heterocycles. The standard InChI is InChI=1S/C10H9ClINO4/c11-7-3-6(12)1-2-8(7)13-9(14)4-17-5-10(15)16/h1-3H,4-5H2,(H,13,14)(H,15,16). The van der Waals surface area contributed by atoms with Crippen molar-refractivity contribution in [2.24, 2.45) is 0 Å². The summed E-state index contributed by atoms with van der Waals surface area (Å²) in [6.45, 7) is -0.831. The number of halogens is 2. The molecule has 0 aliphatic carbocycles. The van der Waals surface area contributed by atoms with Gasteiger partial charge in [0, 0.05) is 3.57 Å². The smallest absolute Gasteiger partial charge is 0.329 e. The zero-order chi connectivity index (χ0) is 12.8. The van der Waals surface area contributed by atoms with Crippen molar-refractivity contribution >= 4 is 51.8 Å². The van der Waals surface area contributed by atoms with Gasteiger partial charge in [0.25, 0.3) is 0 Å². The molecule has 0 saturated heterocycles. The molecule has 0 fully saturated rings. The van der Waals surface area contributed by atoms with Crippen molar-refractivity contribution in [3.05, 3.63) is 26.8 Å². The molecule has 0 aliphatic rings. The molecule has 1 aromatic rings. The van der Waals surface area contributed by atoms with E-state index in [0.717, 1.165) is 3.57 Å². The third kappa shape index (κ3) is 5.33. The van der Waals surface area contributed by atoms with E-state index in [-0.39, 0.29) is 6.61 Å². The topological polar surface area (TPSA) is 75.6 Å². The first kappa shape index (κ1) is 14.2. The molecule has 0 aliphatic heterocycles. The van der Waals surface area contributed by atoms with Gasteiger partial charge in [0.05, 0.1) is 10.7 Å². The Bertz CT molecular complexity index is 438. The number of anilines is 1. The van der Waals surface area contributed by atoms with Crippen molar-refractivity contribution in [3.8, 4) is 0 Å². The van der Waals surface area contributed by atoms with Gasteiger partial charge in [-0.2, -0.15) is 0 Å². The summed E-state index contributed by atoms with van der Waals surface area (Å²) in [7, 11) is 0. The number of carbonyl (C=O) groups excluding carboxylic acids is 1. The molecule has 0 spiro atoms. The van der Waals surface area contributed by atoms with E-state index < -0.39 is 18.5 Å². The average Bonchev–Trinajstić information content (AvgIpc) is 2.21. The van der Waals surface area contributed by atoms with Crippen molar-refractivity contribution in [2.75, 3.05) is 18.5 Å². The Hall–Kier alpha value is -0.860. The van der Waals surface area contributed by atoms with Gasteiger partial charge in [0.1, 0.15) is 13.2 Å². The van der Waals surface area contributed by atoms with Gasteiger partial charge in [-0.15, -0.1) is 0 Å². The van der Waals surface area contributed by atoms with Crippen molar-refractivity contribution in [1.82, 2.24) is 0 Å². The van der Waals surface area contributed by atoms with E-state index in [1.807, 2.05) is 0 Å². The second-order valence-corrected chi connectivity index (χ2v) is 4.71. The number of nitrogens with one attached hydrogen (secondary N) is 1. The number of carbonyl (C=O) groups is 2. The fourth-order valence-corrected chi connectivity index (χ4v) is 1.91. The van der Waals surface area contributed by atoms with Gasteiger partial charge in [-0.05, 0) is 40.8 Å². The molecule has 0 unspecified atom stereocenters. The summed E-state index contributed by atoms with van der Waals surface area (Å²) >= 11 is 8.00. The van der Waals surface area contributed by atoms with Crippen LogP contribution in [0.5, 0.6) is 0 Å². The second-order valence-electron chi connectivity index (χ2n) is 3.06. The molecule has 0 bridgehead atoms. The fraction of sp³-hybridized carbons (Fsp3) is 0.200. The molecule has 1 rings (SSSR count). The zero-order valence-corrected chi connectivity index (χ0v) is 11.5. The van der Waals surface area contributed by atoms with Gasteiger partial charge in [0.15, 0.2) is 0 Å². The van der Waals surface area contributed by atoms with Crippen LogP contribution in [-0.2, 0) is 14.3 Å². The van der Waals surface area contributed by atoms with Gasteiger partial charge in [-0.25, -0.2) is 4.79 Å². The van der Waals surface area contributed by atoms with E-state index in [4.69, 9.17) is 16.7 Å². The van der Waals surface area contributed by atoms with E-state index >= 15 is 0 Å². The van der Waals surface area contributed by atoms with Crippen LogP contribution in [0.2, 0.25) is 5.02 Å². The lowest BCUT2D eigenvalue weighted by molar-refractivity contribution is -0.143. The number of hydrogen-bond acceptors (Lipinski definition) is 3.